The van der Waals surface area contributed by atoms with Crippen LogP contribution in [0.1, 0.15) is 5.56 Å². The van der Waals surface area contributed by atoms with E-state index in [4.69, 9.17) is 4.98 Å². The zero-order chi connectivity index (χ0) is 28.0. The van der Waals surface area contributed by atoms with E-state index < -0.39 is 0 Å². The van der Waals surface area contributed by atoms with E-state index in [-0.39, 0.29) is 0 Å². The van der Waals surface area contributed by atoms with Crippen LogP contribution in [0.3, 0.4) is 0 Å². The first-order chi connectivity index (χ1) is 20.8. The fourth-order valence-corrected chi connectivity index (χ4v) is 6.37. The van der Waals surface area contributed by atoms with Crippen molar-refractivity contribution in [2.24, 2.45) is 0 Å². The van der Waals surface area contributed by atoms with Gasteiger partial charge in [-0.25, -0.2) is 4.98 Å². The van der Waals surface area contributed by atoms with Gasteiger partial charge in [0.15, 0.2) is 0 Å². The minimum atomic E-state index is 0.942. The third kappa shape index (κ3) is 3.92. The molecular formula is C40H28N2. The zero-order valence-electron chi connectivity index (χ0n) is 23.3. The number of benzene rings is 7. The first-order valence-corrected chi connectivity index (χ1v) is 14.4. The van der Waals surface area contributed by atoms with Crippen LogP contribution in [0.5, 0.6) is 0 Å². The van der Waals surface area contributed by atoms with Crippen molar-refractivity contribution < 1.29 is 0 Å². The topological polar surface area (TPSA) is 17.8 Å². The smallest absolute Gasteiger partial charge is 0.145 e. The van der Waals surface area contributed by atoms with Crippen LogP contribution in [-0.4, -0.2) is 9.55 Å². The van der Waals surface area contributed by atoms with Crippen LogP contribution < -0.4 is 0 Å². The van der Waals surface area contributed by atoms with Gasteiger partial charge in [-0.3, -0.25) is 4.57 Å². The molecule has 0 fully saturated rings. The zero-order valence-corrected chi connectivity index (χ0v) is 23.3. The maximum absolute atomic E-state index is 5.11. The Bertz CT molecular complexity index is 2230. The molecule has 0 unspecified atom stereocenters. The molecule has 7 aromatic carbocycles. The van der Waals surface area contributed by atoms with E-state index in [0.29, 0.717) is 0 Å². The highest BCUT2D eigenvalue weighted by Gasteiger charge is 2.20. The predicted octanol–water partition coefficient (Wildman–Crippen LogP) is 10.6. The molecule has 8 aromatic rings. The Balaban J connectivity index is 1.53. The summed E-state index contributed by atoms with van der Waals surface area (Å²) in [4.78, 5) is 5.11. The Kier molecular flexibility index (Phi) is 5.72. The highest BCUT2D eigenvalue weighted by atomic mass is 15.1. The molecule has 0 atom stereocenters. The van der Waals surface area contributed by atoms with Gasteiger partial charge < -0.3 is 0 Å². The van der Waals surface area contributed by atoms with Crippen LogP contribution in [0, 0.1) is 6.92 Å². The summed E-state index contributed by atoms with van der Waals surface area (Å²) < 4.78 is 2.31. The normalized spacial score (nSPS) is 11.5. The van der Waals surface area contributed by atoms with E-state index in [2.05, 4.69) is 163 Å². The molecule has 198 valence electrons. The number of hydrogen-bond donors (Lipinski definition) is 0. The molecule has 0 aliphatic carbocycles. The van der Waals surface area contributed by atoms with Gasteiger partial charge in [0.2, 0.25) is 0 Å². The van der Waals surface area contributed by atoms with E-state index in [0.717, 1.165) is 28.1 Å². The minimum absolute atomic E-state index is 0.942. The Morgan fingerprint density at radius 3 is 1.62 bits per heavy atom. The molecule has 0 spiro atoms. The number of fused-ring (bicyclic) bond motifs is 3. The van der Waals surface area contributed by atoms with Crippen LogP contribution in [0.15, 0.2) is 152 Å². The predicted molar refractivity (Wildman–Crippen MR) is 177 cm³/mol. The summed E-state index contributed by atoms with van der Waals surface area (Å²) in [5.41, 5.74) is 10.5. The minimum Gasteiger partial charge on any atom is -0.292 e. The monoisotopic (exact) mass is 536 g/mol. The molecule has 0 amide bonds. The Morgan fingerprint density at radius 2 is 0.976 bits per heavy atom. The van der Waals surface area contributed by atoms with Crippen molar-refractivity contribution in [3.8, 4) is 39.3 Å². The second-order valence-electron chi connectivity index (χ2n) is 10.9. The van der Waals surface area contributed by atoms with Crippen molar-refractivity contribution in [1.82, 2.24) is 9.55 Å². The van der Waals surface area contributed by atoms with Crippen LogP contribution in [-0.2, 0) is 0 Å². The third-order valence-corrected chi connectivity index (χ3v) is 8.23. The quantitative estimate of drug-likeness (QED) is 0.205. The highest BCUT2D eigenvalue weighted by molar-refractivity contribution is 6.21. The van der Waals surface area contributed by atoms with Crippen molar-refractivity contribution in [3.05, 3.63) is 157 Å². The van der Waals surface area contributed by atoms with E-state index in [9.17, 15) is 0 Å². The molecule has 2 heteroatoms. The standard InChI is InChI=1S/C40H28N2/c1-27-21-23-32-34(25-27)38(28-13-5-2-6-14-28)33-24-22-31(26-35(33)39(32)29-15-7-3-8-16-29)42-37-20-12-11-19-36(37)41-40(42)30-17-9-4-10-18-30/h2-26H,1H3. The lowest BCUT2D eigenvalue weighted by Crippen LogP contribution is -1.99. The summed E-state index contributed by atoms with van der Waals surface area (Å²) in [6.45, 7) is 2.18. The van der Waals surface area contributed by atoms with E-state index in [1.54, 1.807) is 0 Å². The first-order valence-electron chi connectivity index (χ1n) is 14.4. The SMILES string of the molecule is Cc1ccc2c(-c3ccccc3)c3cc(-n4c(-c5ccccc5)nc5ccccc54)ccc3c(-c3ccccc3)c2c1. The van der Waals surface area contributed by atoms with Gasteiger partial charge in [-0.05, 0) is 75.0 Å². The van der Waals surface area contributed by atoms with E-state index in [1.165, 1.54) is 49.4 Å². The molecular weight excluding hydrogens is 508 g/mol. The van der Waals surface area contributed by atoms with Crippen LogP contribution in [0.2, 0.25) is 0 Å². The average Bonchev–Trinajstić information content (AvgIpc) is 3.44. The number of hydrogen-bond acceptors (Lipinski definition) is 1. The fraction of sp³-hybridized carbons (Fsp3) is 0.0250. The maximum Gasteiger partial charge on any atom is 0.145 e. The maximum atomic E-state index is 5.11. The largest absolute Gasteiger partial charge is 0.292 e. The number of para-hydroxylation sites is 2. The number of imidazole rings is 1. The molecule has 2 nitrogen and oxygen atoms in total. The lowest BCUT2D eigenvalue weighted by atomic mass is 9.85. The highest BCUT2D eigenvalue weighted by Crippen LogP contribution is 2.45. The second kappa shape index (κ2) is 9.87. The number of nitrogens with zero attached hydrogens (tertiary/aromatic N) is 2. The fourth-order valence-electron chi connectivity index (χ4n) is 6.37. The van der Waals surface area contributed by atoms with E-state index >= 15 is 0 Å². The van der Waals surface area contributed by atoms with Gasteiger partial charge in [-0.1, -0.05) is 133 Å². The molecule has 0 aliphatic rings. The van der Waals surface area contributed by atoms with Crippen molar-refractivity contribution in [2.75, 3.05) is 0 Å². The van der Waals surface area contributed by atoms with Crippen molar-refractivity contribution in [3.63, 3.8) is 0 Å². The summed E-state index contributed by atoms with van der Waals surface area (Å²) in [7, 11) is 0. The lowest BCUT2D eigenvalue weighted by molar-refractivity contribution is 1.11. The van der Waals surface area contributed by atoms with E-state index in [1.807, 2.05) is 0 Å². The second-order valence-corrected chi connectivity index (χ2v) is 10.9. The molecule has 0 saturated carbocycles. The molecule has 0 bridgehead atoms. The van der Waals surface area contributed by atoms with Gasteiger partial charge in [-0.2, -0.15) is 0 Å². The average molecular weight is 537 g/mol. The van der Waals surface area contributed by atoms with Crippen molar-refractivity contribution in [1.29, 1.82) is 0 Å². The van der Waals surface area contributed by atoms with Crippen LogP contribution in [0.4, 0.5) is 0 Å². The molecule has 1 aromatic heterocycles. The number of aromatic nitrogens is 2. The first kappa shape index (κ1) is 24.3. The molecule has 0 radical (unpaired) electrons. The molecule has 0 saturated heterocycles. The summed E-state index contributed by atoms with van der Waals surface area (Å²) in [6.07, 6.45) is 0. The van der Waals surface area contributed by atoms with Gasteiger partial charge in [0, 0.05) is 11.3 Å². The molecule has 0 aliphatic heterocycles. The Labute approximate surface area is 245 Å². The molecule has 0 N–H and O–H groups in total. The van der Waals surface area contributed by atoms with Gasteiger partial charge in [-0.15, -0.1) is 0 Å². The van der Waals surface area contributed by atoms with Crippen molar-refractivity contribution >= 4 is 32.6 Å². The summed E-state index contributed by atoms with van der Waals surface area (Å²) in [5.74, 6) is 0.942. The summed E-state index contributed by atoms with van der Waals surface area (Å²) in [5, 5.41) is 5.01. The van der Waals surface area contributed by atoms with Gasteiger partial charge in [0.1, 0.15) is 5.82 Å². The third-order valence-electron chi connectivity index (χ3n) is 8.23. The molecule has 1 heterocycles. The van der Waals surface area contributed by atoms with Crippen molar-refractivity contribution in [2.45, 2.75) is 6.92 Å². The lowest BCUT2D eigenvalue weighted by Gasteiger charge is -2.20. The van der Waals surface area contributed by atoms with Gasteiger partial charge in [0.25, 0.3) is 0 Å². The number of aryl methyl sites for hydroxylation is 1. The van der Waals surface area contributed by atoms with Crippen LogP contribution >= 0.6 is 0 Å². The Hall–Kier alpha value is -5.47. The Morgan fingerprint density at radius 1 is 0.452 bits per heavy atom. The van der Waals surface area contributed by atoms with Gasteiger partial charge >= 0.3 is 0 Å². The number of rotatable bonds is 4. The molecule has 42 heavy (non-hydrogen) atoms. The van der Waals surface area contributed by atoms with Crippen LogP contribution in [0.25, 0.3) is 71.9 Å². The van der Waals surface area contributed by atoms with Gasteiger partial charge in [0.05, 0.1) is 11.0 Å². The summed E-state index contributed by atoms with van der Waals surface area (Å²) in [6, 6.07) is 54.3. The molecule has 8 rings (SSSR count). The summed E-state index contributed by atoms with van der Waals surface area (Å²) >= 11 is 0.